The van der Waals surface area contributed by atoms with Gasteiger partial charge >= 0.3 is 5.97 Å². The van der Waals surface area contributed by atoms with Crippen LogP contribution in [0.3, 0.4) is 0 Å². The molecule has 0 fully saturated rings. The molecule has 2 unspecified atom stereocenters. The monoisotopic (exact) mass is 398 g/mol. The Morgan fingerprint density at radius 2 is 2.14 bits per heavy atom. The van der Waals surface area contributed by atoms with Crippen LogP contribution in [0.25, 0.3) is 0 Å². The van der Waals surface area contributed by atoms with Crippen LogP contribution in [0.5, 0.6) is 0 Å². The molecule has 0 saturated heterocycles. The highest BCUT2D eigenvalue weighted by Gasteiger charge is 2.35. The van der Waals surface area contributed by atoms with Crippen molar-refractivity contribution < 1.29 is 14.7 Å². The van der Waals surface area contributed by atoms with Gasteiger partial charge < -0.3 is 20.2 Å². The fourth-order valence-corrected chi connectivity index (χ4v) is 3.75. The summed E-state index contributed by atoms with van der Waals surface area (Å²) in [6.45, 7) is 7.23. The van der Waals surface area contributed by atoms with Crippen molar-refractivity contribution in [2.75, 3.05) is 28.7 Å². The number of carbonyl (C=O) groups is 2. The van der Waals surface area contributed by atoms with E-state index in [1.165, 1.54) is 0 Å². The predicted molar refractivity (Wildman–Crippen MR) is 115 cm³/mol. The first-order valence-corrected chi connectivity index (χ1v) is 10.2. The van der Waals surface area contributed by atoms with Gasteiger partial charge in [-0.05, 0) is 31.3 Å². The molecule has 2 aliphatic rings. The van der Waals surface area contributed by atoms with E-state index >= 15 is 0 Å². The Balaban J connectivity index is 1.87. The summed E-state index contributed by atoms with van der Waals surface area (Å²) >= 11 is 0. The van der Waals surface area contributed by atoms with Crippen molar-refractivity contribution >= 4 is 29.1 Å². The third kappa shape index (κ3) is 4.44. The Morgan fingerprint density at radius 1 is 1.38 bits per heavy atom. The van der Waals surface area contributed by atoms with Gasteiger partial charge in [0.05, 0.1) is 23.5 Å². The smallest absolute Gasteiger partial charge is 0.310 e. The van der Waals surface area contributed by atoms with Crippen LogP contribution in [-0.4, -0.2) is 41.6 Å². The number of nitrogens with zero attached hydrogens (tertiary/aromatic N) is 3. The molecule has 2 N–H and O–H groups in total. The molecule has 0 bridgehead atoms. The minimum atomic E-state index is -0.817. The molecule has 2 heterocycles. The Hall–Kier alpha value is -2.83. The molecule has 1 aromatic rings. The molecular weight excluding hydrogens is 368 g/mol. The molecule has 0 saturated carbocycles. The van der Waals surface area contributed by atoms with Crippen molar-refractivity contribution in [2.45, 2.75) is 46.1 Å². The van der Waals surface area contributed by atoms with E-state index < -0.39 is 11.9 Å². The molecule has 2 atom stereocenters. The van der Waals surface area contributed by atoms with Gasteiger partial charge in [0, 0.05) is 25.4 Å². The van der Waals surface area contributed by atoms with Crippen molar-refractivity contribution in [3.63, 3.8) is 0 Å². The van der Waals surface area contributed by atoms with E-state index in [1.807, 2.05) is 19.1 Å². The van der Waals surface area contributed by atoms with Gasteiger partial charge in [-0.15, -0.1) is 0 Å². The number of carboxylic acid groups (broad SMARTS) is 1. The van der Waals surface area contributed by atoms with Gasteiger partial charge in [0.2, 0.25) is 5.91 Å². The van der Waals surface area contributed by atoms with Gasteiger partial charge in [-0.1, -0.05) is 32.9 Å². The highest BCUT2D eigenvalue weighted by molar-refractivity contribution is 6.05. The quantitative estimate of drug-likeness (QED) is 0.729. The lowest BCUT2D eigenvalue weighted by atomic mass is 10.00. The molecule has 1 amide bonds. The molecule has 1 aliphatic carbocycles. The average molecular weight is 399 g/mol. The van der Waals surface area contributed by atoms with E-state index in [9.17, 15) is 9.59 Å². The lowest BCUT2D eigenvalue weighted by Gasteiger charge is -2.41. The summed E-state index contributed by atoms with van der Waals surface area (Å²) in [5.41, 5.74) is 2.64. The number of carbonyl (C=O) groups excluding carboxylic acids is 1. The molecule has 0 aromatic carbocycles. The number of amides is 1. The standard InChI is InChI=1S/C22H30N4O3/c1-5-17-21(27)25(4)19-13-23-20(12-18(19)26(17)11-10-14(2)3)24-16-8-6-15(7-9-16)22(28)29/h6,8-9,12-15,17H,5,7,10-11H2,1-4H3,(H,23,24)(H,28,29). The molecule has 7 nitrogen and oxygen atoms in total. The molecule has 7 heteroatoms. The number of hydrogen-bond donors (Lipinski definition) is 2. The number of pyridine rings is 1. The fraction of sp³-hybridized carbons (Fsp3) is 0.500. The van der Waals surface area contributed by atoms with Crippen LogP contribution in [0.2, 0.25) is 0 Å². The van der Waals surface area contributed by atoms with E-state index in [0.29, 0.717) is 18.2 Å². The molecule has 0 spiro atoms. The lowest BCUT2D eigenvalue weighted by molar-refractivity contribution is -0.140. The summed E-state index contributed by atoms with van der Waals surface area (Å²) < 4.78 is 0. The van der Waals surface area contributed by atoms with Gasteiger partial charge in [0.1, 0.15) is 11.9 Å². The second-order valence-electron chi connectivity index (χ2n) is 8.08. The highest BCUT2D eigenvalue weighted by atomic mass is 16.4. The second kappa shape index (κ2) is 8.68. The number of aromatic nitrogens is 1. The Labute approximate surface area is 172 Å². The zero-order valence-electron chi connectivity index (χ0n) is 17.6. The maximum Gasteiger partial charge on any atom is 0.310 e. The van der Waals surface area contributed by atoms with Crippen LogP contribution in [0.4, 0.5) is 17.2 Å². The minimum Gasteiger partial charge on any atom is -0.481 e. The van der Waals surface area contributed by atoms with Crippen molar-refractivity contribution in [3.8, 4) is 0 Å². The number of likely N-dealkylation sites (N-methyl/N-ethyl adjacent to an activating group) is 1. The average Bonchev–Trinajstić information content (AvgIpc) is 2.69. The zero-order valence-corrected chi connectivity index (χ0v) is 17.6. The van der Waals surface area contributed by atoms with E-state index in [0.717, 1.165) is 36.5 Å². The van der Waals surface area contributed by atoms with Crippen LogP contribution in [0, 0.1) is 11.8 Å². The summed E-state index contributed by atoms with van der Waals surface area (Å²) in [6.07, 6.45) is 9.29. The highest BCUT2D eigenvalue weighted by Crippen LogP contribution is 2.37. The van der Waals surface area contributed by atoms with Crippen LogP contribution >= 0.6 is 0 Å². The molecule has 29 heavy (non-hydrogen) atoms. The lowest BCUT2D eigenvalue weighted by Crippen LogP contribution is -2.52. The van der Waals surface area contributed by atoms with E-state index in [2.05, 4.69) is 29.0 Å². The first-order valence-electron chi connectivity index (χ1n) is 10.2. The third-order valence-electron chi connectivity index (χ3n) is 5.55. The van der Waals surface area contributed by atoms with E-state index in [-0.39, 0.29) is 11.9 Å². The van der Waals surface area contributed by atoms with Crippen LogP contribution in [0.1, 0.15) is 40.0 Å². The molecular formula is C22H30N4O3. The largest absolute Gasteiger partial charge is 0.481 e. The topological polar surface area (TPSA) is 85.8 Å². The van der Waals surface area contributed by atoms with E-state index in [1.54, 1.807) is 30.3 Å². The summed E-state index contributed by atoms with van der Waals surface area (Å²) in [5.74, 6) is 0.0328. The molecule has 1 aromatic heterocycles. The first kappa shape index (κ1) is 20.9. The number of carboxylic acids is 1. The number of rotatable bonds is 7. The zero-order chi connectivity index (χ0) is 21.1. The van der Waals surface area contributed by atoms with Gasteiger partial charge in [0.25, 0.3) is 0 Å². The van der Waals surface area contributed by atoms with Crippen LogP contribution in [-0.2, 0) is 9.59 Å². The SMILES string of the molecule is CCC1C(=O)N(C)c2cnc(NC3=CCC(C(=O)O)C=C3)cc2N1CCC(C)C. The summed E-state index contributed by atoms with van der Waals surface area (Å²) in [4.78, 5) is 32.3. The van der Waals surface area contributed by atoms with Crippen LogP contribution < -0.4 is 15.1 Å². The number of allylic oxidation sites excluding steroid dienone is 2. The maximum absolute atomic E-state index is 12.8. The van der Waals surface area contributed by atoms with Crippen molar-refractivity contribution in [1.29, 1.82) is 0 Å². The first-order chi connectivity index (χ1) is 13.8. The van der Waals surface area contributed by atoms with Crippen molar-refractivity contribution in [3.05, 3.63) is 36.2 Å². The molecule has 156 valence electrons. The normalized spacial score (nSPS) is 21.3. The number of aliphatic carboxylic acids is 1. The van der Waals surface area contributed by atoms with Gasteiger partial charge in [-0.2, -0.15) is 0 Å². The molecule has 1 aliphatic heterocycles. The van der Waals surface area contributed by atoms with Crippen molar-refractivity contribution in [1.82, 2.24) is 4.98 Å². The number of fused-ring (bicyclic) bond motifs is 1. The van der Waals surface area contributed by atoms with Gasteiger partial charge in [-0.3, -0.25) is 9.59 Å². The third-order valence-corrected chi connectivity index (χ3v) is 5.55. The second-order valence-corrected chi connectivity index (χ2v) is 8.08. The van der Waals surface area contributed by atoms with Crippen molar-refractivity contribution in [2.24, 2.45) is 11.8 Å². The van der Waals surface area contributed by atoms with Gasteiger partial charge in [-0.25, -0.2) is 4.98 Å². The fourth-order valence-electron chi connectivity index (χ4n) is 3.75. The molecule has 0 radical (unpaired) electrons. The maximum atomic E-state index is 12.8. The number of nitrogens with one attached hydrogen (secondary N) is 1. The number of hydrogen-bond acceptors (Lipinski definition) is 5. The summed E-state index contributed by atoms with van der Waals surface area (Å²) in [6, 6.07) is 1.81. The van der Waals surface area contributed by atoms with E-state index in [4.69, 9.17) is 5.11 Å². The molecule has 3 rings (SSSR count). The Kier molecular flexibility index (Phi) is 6.25. The predicted octanol–water partition coefficient (Wildman–Crippen LogP) is 3.65. The summed E-state index contributed by atoms with van der Waals surface area (Å²) in [7, 11) is 1.80. The Bertz CT molecular complexity index is 846. The summed E-state index contributed by atoms with van der Waals surface area (Å²) in [5, 5.41) is 12.4. The van der Waals surface area contributed by atoms with Crippen LogP contribution in [0.15, 0.2) is 36.2 Å². The number of anilines is 3. The van der Waals surface area contributed by atoms with Gasteiger partial charge in [0.15, 0.2) is 0 Å². The minimum absolute atomic E-state index is 0.101. The Morgan fingerprint density at radius 3 is 2.72 bits per heavy atom.